The van der Waals surface area contributed by atoms with Gasteiger partial charge in [0.25, 0.3) is 0 Å². The molecule has 1 aliphatic rings. The Balaban J connectivity index is 2.10. The molecule has 18 heavy (non-hydrogen) atoms. The number of rotatable bonds is 2. The van der Waals surface area contributed by atoms with Crippen LogP contribution in [0.15, 0.2) is 6.33 Å². The van der Waals surface area contributed by atoms with Gasteiger partial charge in [-0.15, -0.1) is 0 Å². The van der Waals surface area contributed by atoms with Crippen LogP contribution in [-0.2, 0) is 6.54 Å². The molecule has 0 aliphatic carbocycles. The van der Waals surface area contributed by atoms with Crippen LogP contribution in [0.3, 0.4) is 0 Å². The van der Waals surface area contributed by atoms with E-state index in [1.807, 2.05) is 0 Å². The number of aryl methyl sites for hydroxylation is 1. The average molecular weight is 262 g/mol. The van der Waals surface area contributed by atoms with E-state index in [2.05, 4.69) is 40.1 Å². The van der Waals surface area contributed by atoms with Crippen LogP contribution >= 0.6 is 11.8 Å². The molecule has 1 unspecified atom stereocenters. The molecule has 0 spiro atoms. The number of anilines is 1. The Kier molecular flexibility index (Phi) is 2.93. The Labute approximate surface area is 111 Å². The maximum absolute atomic E-state index is 5.98. The maximum atomic E-state index is 5.98. The van der Waals surface area contributed by atoms with Crippen molar-refractivity contribution >= 4 is 28.6 Å². The van der Waals surface area contributed by atoms with E-state index in [9.17, 15) is 0 Å². The molecule has 4 nitrogen and oxygen atoms in total. The van der Waals surface area contributed by atoms with E-state index in [4.69, 9.17) is 5.73 Å². The number of nitrogens with zero attached hydrogens (tertiary/aromatic N) is 3. The van der Waals surface area contributed by atoms with Crippen LogP contribution in [0.5, 0.6) is 0 Å². The van der Waals surface area contributed by atoms with Crippen LogP contribution < -0.4 is 5.73 Å². The Morgan fingerprint density at radius 2 is 2.28 bits per heavy atom. The molecule has 0 aromatic carbocycles. The predicted octanol–water partition coefficient (Wildman–Crippen LogP) is 2.53. The van der Waals surface area contributed by atoms with Crippen LogP contribution in [0.25, 0.3) is 11.0 Å². The van der Waals surface area contributed by atoms with Gasteiger partial charge in [-0.25, -0.2) is 9.97 Å². The van der Waals surface area contributed by atoms with Crippen LogP contribution in [0.4, 0.5) is 5.82 Å². The minimum absolute atomic E-state index is 0.596. The Hall–Kier alpha value is -1.23. The summed E-state index contributed by atoms with van der Waals surface area (Å²) in [6, 6.07) is 0. The van der Waals surface area contributed by atoms with Crippen LogP contribution in [0.2, 0.25) is 0 Å². The topological polar surface area (TPSA) is 56.7 Å². The van der Waals surface area contributed by atoms with Crippen molar-refractivity contribution in [2.45, 2.75) is 38.5 Å². The number of hydrogen-bond donors (Lipinski definition) is 1. The molecule has 0 radical (unpaired) electrons. The fraction of sp³-hybridized carbons (Fsp3) is 0.538. The first kappa shape index (κ1) is 11.8. The van der Waals surface area contributed by atoms with Crippen molar-refractivity contribution in [3.8, 4) is 0 Å². The third kappa shape index (κ3) is 1.77. The van der Waals surface area contributed by atoms with Crippen molar-refractivity contribution in [1.82, 2.24) is 14.5 Å². The van der Waals surface area contributed by atoms with Gasteiger partial charge in [-0.2, -0.15) is 11.8 Å². The Morgan fingerprint density at radius 3 is 3.00 bits per heavy atom. The monoisotopic (exact) mass is 262 g/mol. The molecule has 2 aromatic heterocycles. The minimum Gasteiger partial charge on any atom is -0.383 e. The lowest BCUT2D eigenvalue weighted by molar-refractivity contribution is 0.638. The van der Waals surface area contributed by atoms with Gasteiger partial charge in [0.1, 0.15) is 17.8 Å². The summed E-state index contributed by atoms with van der Waals surface area (Å²) in [5.74, 6) is 1.89. The van der Waals surface area contributed by atoms with Crippen LogP contribution in [-0.4, -0.2) is 25.5 Å². The second-order valence-electron chi connectivity index (χ2n) is 4.91. The van der Waals surface area contributed by atoms with Gasteiger partial charge < -0.3 is 10.3 Å². The third-order valence-corrected chi connectivity index (χ3v) is 5.23. The lowest BCUT2D eigenvalue weighted by Crippen LogP contribution is -2.11. The van der Waals surface area contributed by atoms with Crippen molar-refractivity contribution in [3.05, 3.63) is 17.6 Å². The zero-order valence-electron chi connectivity index (χ0n) is 10.8. The summed E-state index contributed by atoms with van der Waals surface area (Å²) in [4.78, 5) is 8.53. The summed E-state index contributed by atoms with van der Waals surface area (Å²) in [5, 5.41) is 1.74. The van der Waals surface area contributed by atoms with Crippen molar-refractivity contribution in [2.75, 3.05) is 11.5 Å². The number of nitrogens with two attached hydrogens (primary N) is 1. The Bertz CT molecular complexity index is 584. The molecule has 1 saturated heterocycles. The molecule has 0 amide bonds. The summed E-state index contributed by atoms with van der Waals surface area (Å²) < 4.78 is 2.31. The van der Waals surface area contributed by atoms with Gasteiger partial charge in [-0.05, 0) is 38.0 Å². The molecule has 2 aromatic rings. The molecule has 2 N–H and O–H groups in total. The SMILES string of the molecule is Cc1c(C)n(CC2CCCS2)c2ncnc(N)c12. The zero-order valence-corrected chi connectivity index (χ0v) is 11.6. The highest BCUT2D eigenvalue weighted by Crippen LogP contribution is 2.32. The largest absolute Gasteiger partial charge is 0.383 e. The van der Waals surface area contributed by atoms with E-state index in [-0.39, 0.29) is 0 Å². The standard InChI is InChI=1S/C13H18N4S/c1-8-9(2)17(6-10-4-3-5-18-10)13-11(8)12(14)15-7-16-13/h7,10H,3-6H2,1-2H3,(H2,14,15,16). The highest BCUT2D eigenvalue weighted by atomic mass is 32.2. The van der Waals surface area contributed by atoms with Gasteiger partial charge in [0, 0.05) is 17.5 Å². The average Bonchev–Trinajstić information content (AvgIpc) is 2.94. The molecule has 3 rings (SSSR count). The van der Waals surface area contributed by atoms with Crippen LogP contribution in [0, 0.1) is 13.8 Å². The quantitative estimate of drug-likeness (QED) is 0.903. The number of nitrogen functional groups attached to an aromatic ring is 1. The van der Waals surface area contributed by atoms with Gasteiger partial charge in [0.2, 0.25) is 0 Å². The van der Waals surface area contributed by atoms with Gasteiger partial charge in [-0.3, -0.25) is 0 Å². The van der Waals surface area contributed by atoms with E-state index < -0.39 is 0 Å². The molecule has 1 fully saturated rings. The minimum atomic E-state index is 0.596. The van der Waals surface area contributed by atoms with Crippen molar-refractivity contribution < 1.29 is 0 Å². The summed E-state index contributed by atoms with van der Waals surface area (Å²) in [6.07, 6.45) is 4.21. The van der Waals surface area contributed by atoms with E-state index >= 15 is 0 Å². The van der Waals surface area contributed by atoms with E-state index in [0.29, 0.717) is 5.82 Å². The van der Waals surface area contributed by atoms with E-state index in [0.717, 1.165) is 22.8 Å². The number of hydrogen-bond acceptors (Lipinski definition) is 4. The normalized spacial score (nSPS) is 19.8. The molecule has 0 saturated carbocycles. The highest BCUT2D eigenvalue weighted by molar-refractivity contribution is 8.00. The fourth-order valence-corrected chi connectivity index (χ4v) is 3.97. The highest BCUT2D eigenvalue weighted by Gasteiger charge is 2.20. The molecule has 96 valence electrons. The molecule has 0 bridgehead atoms. The van der Waals surface area contributed by atoms with Gasteiger partial charge in [-0.1, -0.05) is 0 Å². The lowest BCUT2D eigenvalue weighted by atomic mass is 10.2. The third-order valence-electron chi connectivity index (χ3n) is 3.85. The van der Waals surface area contributed by atoms with Gasteiger partial charge in [0.05, 0.1) is 5.39 Å². The number of thioether (sulfide) groups is 1. The maximum Gasteiger partial charge on any atom is 0.145 e. The number of fused-ring (bicyclic) bond motifs is 1. The first-order valence-electron chi connectivity index (χ1n) is 6.36. The van der Waals surface area contributed by atoms with Crippen molar-refractivity contribution in [1.29, 1.82) is 0 Å². The van der Waals surface area contributed by atoms with E-state index in [1.165, 1.54) is 29.9 Å². The predicted molar refractivity (Wildman–Crippen MR) is 76.9 cm³/mol. The second-order valence-corrected chi connectivity index (χ2v) is 6.32. The van der Waals surface area contributed by atoms with Gasteiger partial charge in [0.15, 0.2) is 0 Å². The first-order valence-corrected chi connectivity index (χ1v) is 7.41. The van der Waals surface area contributed by atoms with Crippen molar-refractivity contribution in [3.63, 3.8) is 0 Å². The summed E-state index contributed by atoms with van der Waals surface area (Å²) >= 11 is 2.07. The molecular formula is C13H18N4S. The lowest BCUT2D eigenvalue weighted by Gasteiger charge is -2.12. The smallest absolute Gasteiger partial charge is 0.145 e. The number of aromatic nitrogens is 3. The molecular weight excluding hydrogens is 244 g/mol. The second kappa shape index (κ2) is 4.46. The fourth-order valence-electron chi connectivity index (χ4n) is 2.71. The Morgan fingerprint density at radius 1 is 1.44 bits per heavy atom. The first-order chi connectivity index (χ1) is 8.68. The summed E-state index contributed by atoms with van der Waals surface area (Å²) in [7, 11) is 0. The zero-order chi connectivity index (χ0) is 12.7. The van der Waals surface area contributed by atoms with E-state index in [1.54, 1.807) is 6.33 Å². The molecule has 5 heteroatoms. The van der Waals surface area contributed by atoms with Gasteiger partial charge >= 0.3 is 0 Å². The molecule has 1 aliphatic heterocycles. The van der Waals surface area contributed by atoms with Crippen molar-refractivity contribution in [2.24, 2.45) is 0 Å². The molecule has 3 heterocycles. The molecule has 1 atom stereocenters. The summed E-state index contributed by atoms with van der Waals surface area (Å²) in [5.41, 5.74) is 9.45. The summed E-state index contributed by atoms with van der Waals surface area (Å²) in [6.45, 7) is 5.29. The van der Waals surface area contributed by atoms with Crippen LogP contribution in [0.1, 0.15) is 24.1 Å².